The van der Waals surface area contributed by atoms with Gasteiger partial charge in [0, 0.05) is 12.8 Å². The van der Waals surface area contributed by atoms with Gasteiger partial charge in [0.2, 0.25) is 5.82 Å². The van der Waals surface area contributed by atoms with Crippen LogP contribution in [0.1, 0.15) is 6.92 Å². The van der Waals surface area contributed by atoms with E-state index in [1.807, 2.05) is 25.1 Å². The summed E-state index contributed by atoms with van der Waals surface area (Å²) in [6, 6.07) is 5.50. The van der Waals surface area contributed by atoms with E-state index in [0.29, 0.717) is 18.1 Å². The second kappa shape index (κ2) is 6.18. The lowest BCUT2D eigenvalue weighted by molar-refractivity contribution is 0.0316. The summed E-state index contributed by atoms with van der Waals surface area (Å²) < 4.78 is 6.66. The molecule has 2 rings (SSSR count). The van der Waals surface area contributed by atoms with Gasteiger partial charge in [-0.05, 0) is 29.5 Å². The fourth-order valence-corrected chi connectivity index (χ4v) is 1.51. The maximum absolute atomic E-state index is 9.76. The van der Waals surface area contributed by atoms with Gasteiger partial charge in [-0.15, -0.1) is 5.10 Å². The molecule has 0 saturated carbocycles. The van der Waals surface area contributed by atoms with Crippen LogP contribution in [0.4, 0.5) is 0 Å². The number of ether oxygens (including phenoxy) is 1. The fourth-order valence-electron chi connectivity index (χ4n) is 1.51. The van der Waals surface area contributed by atoms with Crippen molar-refractivity contribution >= 4 is 0 Å². The summed E-state index contributed by atoms with van der Waals surface area (Å²) in [5, 5.41) is 21.1. The first kappa shape index (κ1) is 12.6. The van der Waals surface area contributed by atoms with E-state index < -0.39 is 6.10 Å². The van der Waals surface area contributed by atoms with Crippen molar-refractivity contribution in [1.29, 1.82) is 0 Å². The molecule has 0 aliphatic rings. The van der Waals surface area contributed by atoms with E-state index in [4.69, 9.17) is 4.74 Å². The minimum absolute atomic E-state index is 0.262. The third-order valence-electron chi connectivity index (χ3n) is 2.32. The molecule has 0 amide bonds. The molecule has 0 radical (unpaired) electrons. The zero-order valence-corrected chi connectivity index (χ0v) is 10.1. The summed E-state index contributed by atoms with van der Waals surface area (Å²) in [5.41, 5.74) is 0.672. The zero-order chi connectivity index (χ0) is 12.8. The molecule has 18 heavy (non-hydrogen) atoms. The highest BCUT2D eigenvalue weighted by molar-refractivity contribution is 5.47. The summed E-state index contributed by atoms with van der Waals surface area (Å²) in [4.78, 5) is 4.18. The Morgan fingerprint density at radius 1 is 1.44 bits per heavy atom. The van der Waals surface area contributed by atoms with Gasteiger partial charge < -0.3 is 9.84 Å². The third-order valence-corrected chi connectivity index (χ3v) is 2.32. The Hall–Kier alpha value is -1.86. The Bertz CT molecular complexity index is 473. The zero-order valence-electron chi connectivity index (χ0n) is 10.1. The van der Waals surface area contributed by atoms with Gasteiger partial charge in [0.15, 0.2) is 0 Å². The Balaban J connectivity index is 2.09. The van der Waals surface area contributed by atoms with Gasteiger partial charge in [0.05, 0.1) is 19.3 Å². The van der Waals surface area contributed by atoms with Gasteiger partial charge >= 0.3 is 0 Å². The predicted molar refractivity (Wildman–Crippen MR) is 63.5 cm³/mol. The number of tetrazole rings is 1. The average Bonchev–Trinajstić information content (AvgIpc) is 2.85. The average molecular weight is 249 g/mol. The number of nitrogens with zero attached hydrogens (tertiary/aromatic N) is 5. The molecular weight excluding hydrogens is 234 g/mol. The molecule has 2 aromatic heterocycles. The van der Waals surface area contributed by atoms with Crippen LogP contribution in [0.2, 0.25) is 0 Å². The molecule has 0 fully saturated rings. The van der Waals surface area contributed by atoms with Crippen molar-refractivity contribution in [2.75, 3.05) is 13.2 Å². The topological polar surface area (TPSA) is 86.0 Å². The van der Waals surface area contributed by atoms with Crippen LogP contribution in [-0.4, -0.2) is 49.6 Å². The largest absolute Gasteiger partial charge is 0.389 e. The summed E-state index contributed by atoms with van der Waals surface area (Å²) in [5.74, 6) is 0.533. The molecule has 1 N–H and O–H groups in total. The van der Waals surface area contributed by atoms with Gasteiger partial charge in [-0.25, -0.2) is 4.68 Å². The van der Waals surface area contributed by atoms with E-state index in [0.717, 1.165) is 0 Å². The van der Waals surface area contributed by atoms with Crippen LogP contribution in [-0.2, 0) is 11.3 Å². The highest BCUT2D eigenvalue weighted by atomic mass is 16.5. The summed E-state index contributed by atoms with van der Waals surface area (Å²) >= 11 is 0. The highest BCUT2D eigenvalue weighted by Gasteiger charge is 2.13. The van der Waals surface area contributed by atoms with Crippen molar-refractivity contribution in [3.63, 3.8) is 0 Å². The summed E-state index contributed by atoms with van der Waals surface area (Å²) in [6.07, 6.45) is 1.03. The molecule has 1 unspecified atom stereocenters. The van der Waals surface area contributed by atoms with Crippen LogP contribution in [0.5, 0.6) is 0 Å². The molecule has 7 nitrogen and oxygen atoms in total. The maximum atomic E-state index is 9.76. The van der Waals surface area contributed by atoms with Crippen LogP contribution in [0.15, 0.2) is 24.4 Å². The first-order valence-electron chi connectivity index (χ1n) is 5.74. The van der Waals surface area contributed by atoms with Crippen LogP contribution < -0.4 is 0 Å². The normalized spacial score (nSPS) is 12.6. The smallest absolute Gasteiger partial charge is 0.200 e. The predicted octanol–water partition coefficient (Wildman–Crippen LogP) is 0.132. The molecule has 0 aromatic carbocycles. The first-order valence-corrected chi connectivity index (χ1v) is 5.74. The number of aliphatic hydroxyl groups is 1. The lowest BCUT2D eigenvalue weighted by atomic mass is 10.3. The van der Waals surface area contributed by atoms with Crippen molar-refractivity contribution < 1.29 is 9.84 Å². The van der Waals surface area contributed by atoms with Gasteiger partial charge in [-0.1, -0.05) is 6.07 Å². The SMILES string of the molecule is CCOCC(O)Cn1nnnc1-c1ccccn1. The lowest BCUT2D eigenvalue weighted by Crippen LogP contribution is -2.23. The van der Waals surface area contributed by atoms with E-state index in [1.54, 1.807) is 6.20 Å². The monoisotopic (exact) mass is 249 g/mol. The molecule has 0 aliphatic carbocycles. The number of hydrogen-bond donors (Lipinski definition) is 1. The molecule has 7 heteroatoms. The van der Waals surface area contributed by atoms with Crippen LogP contribution in [0, 0.1) is 0 Å². The molecule has 0 aliphatic heterocycles. The van der Waals surface area contributed by atoms with Crippen molar-refractivity contribution in [1.82, 2.24) is 25.2 Å². The number of pyridine rings is 1. The fraction of sp³-hybridized carbons (Fsp3) is 0.455. The quantitative estimate of drug-likeness (QED) is 0.783. The minimum atomic E-state index is -0.643. The Labute approximate surface area is 104 Å². The van der Waals surface area contributed by atoms with Gasteiger partial charge in [0.25, 0.3) is 0 Å². The number of aromatic nitrogens is 5. The lowest BCUT2D eigenvalue weighted by Gasteiger charge is -2.10. The number of hydrogen-bond acceptors (Lipinski definition) is 6. The first-order chi connectivity index (χ1) is 8.81. The van der Waals surface area contributed by atoms with Crippen molar-refractivity contribution in [2.24, 2.45) is 0 Å². The van der Waals surface area contributed by atoms with E-state index >= 15 is 0 Å². The second-order valence-corrected chi connectivity index (χ2v) is 3.71. The van der Waals surface area contributed by atoms with E-state index in [2.05, 4.69) is 20.5 Å². The van der Waals surface area contributed by atoms with Crippen molar-refractivity contribution in [3.8, 4) is 11.5 Å². The Morgan fingerprint density at radius 2 is 2.33 bits per heavy atom. The molecule has 0 bridgehead atoms. The summed E-state index contributed by atoms with van der Waals surface area (Å²) in [6.45, 7) is 2.99. The van der Waals surface area contributed by atoms with Gasteiger partial charge in [0.1, 0.15) is 5.69 Å². The van der Waals surface area contributed by atoms with Crippen molar-refractivity contribution in [2.45, 2.75) is 19.6 Å². The molecular formula is C11H15N5O2. The molecule has 2 aromatic rings. The van der Waals surface area contributed by atoms with Gasteiger partial charge in [-0.3, -0.25) is 4.98 Å². The molecule has 0 spiro atoms. The molecule has 2 heterocycles. The maximum Gasteiger partial charge on any atom is 0.200 e. The summed E-state index contributed by atoms with van der Waals surface area (Å²) in [7, 11) is 0. The van der Waals surface area contributed by atoms with Crippen molar-refractivity contribution in [3.05, 3.63) is 24.4 Å². The van der Waals surface area contributed by atoms with Crippen LogP contribution in [0.3, 0.4) is 0 Å². The Morgan fingerprint density at radius 3 is 3.06 bits per heavy atom. The third kappa shape index (κ3) is 3.08. The molecule has 96 valence electrons. The van der Waals surface area contributed by atoms with E-state index in [9.17, 15) is 5.11 Å². The van der Waals surface area contributed by atoms with E-state index in [1.165, 1.54) is 4.68 Å². The highest BCUT2D eigenvalue weighted by Crippen LogP contribution is 2.11. The molecule has 0 saturated heterocycles. The second-order valence-electron chi connectivity index (χ2n) is 3.71. The Kier molecular flexibility index (Phi) is 4.32. The number of aliphatic hydroxyl groups excluding tert-OH is 1. The van der Waals surface area contributed by atoms with E-state index in [-0.39, 0.29) is 13.2 Å². The van der Waals surface area contributed by atoms with Crippen LogP contribution in [0.25, 0.3) is 11.5 Å². The number of rotatable bonds is 6. The minimum Gasteiger partial charge on any atom is -0.389 e. The standard InChI is InChI=1S/C11H15N5O2/c1-2-18-8-9(17)7-16-11(13-14-15-16)10-5-3-4-6-12-10/h3-6,9,17H,2,7-8H2,1H3. The van der Waals surface area contributed by atoms with Gasteiger partial charge in [-0.2, -0.15) is 0 Å². The van der Waals surface area contributed by atoms with Crippen LogP contribution >= 0.6 is 0 Å². The molecule has 1 atom stereocenters.